The van der Waals surface area contributed by atoms with Gasteiger partial charge in [-0.15, -0.1) is 0 Å². The van der Waals surface area contributed by atoms with Crippen molar-refractivity contribution in [2.75, 3.05) is 12.4 Å². The number of nitrogens with one attached hydrogen (secondary N) is 1. The van der Waals surface area contributed by atoms with Gasteiger partial charge in [0, 0.05) is 11.3 Å². The zero-order valence-corrected chi connectivity index (χ0v) is 19.5. The fourth-order valence-electron chi connectivity index (χ4n) is 3.03. The molecule has 0 fully saturated rings. The first-order valence-corrected chi connectivity index (χ1v) is 10.8. The van der Waals surface area contributed by atoms with Crippen molar-refractivity contribution >= 4 is 40.7 Å². The molecule has 4 aromatic rings. The summed E-state index contributed by atoms with van der Waals surface area (Å²) in [5, 5.41) is 3.76. The lowest BCUT2D eigenvalue weighted by atomic mass is 10.1. The highest BCUT2D eigenvalue weighted by atomic mass is 35.5. The third-order valence-corrected chi connectivity index (χ3v) is 5.26. The summed E-state index contributed by atoms with van der Waals surface area (Å²) in [5.74, 6) is 1.14. The molecule has 0 unspecified atom stereocenters. The Bertz CT molecular complexity index is 1300. The number of ether oxygens (including phenoxy) is 2. The molecule has 10 heteroatoms. The van der Waals surface area contributed by atoms with Crippen molar-refractivity contribution < 1.29 is 14.3 Å². The molecule has 1 amide bonds. The molecule has 0 atom stereocenters. The van der Waals surface area contributed by atoms with Crippen LogP contribution in [0.4, 0.5) is 11.6 Å². The smallest absolute Gasteiger partial charge is 0.327 e. The quantitative estimate of drug-likeness (QED) is 0.335. The van der Waals surface area contributed by atoms with Crippen molar-refractivity contribution in [1.82, 2.24) is 15.0 Å². The average molecular weight is 496 g/mol. The van der Waals surface area contributed by atoms with Crippen LogP contribution in [0.3, 0.4) is 0 Å². The number of nitrogens with zero attached hydrogens (tertiary/aromatic N) is 3. The summed E-state index contributed by atoms with van der Waals surface area (Å²) >= 11 is 12.5. The Kier molecular flexibility index (Phi) is 7.10. The van der Waals surface area contributed by atoms with Gasteiger partial charge in [0.05, 0.1) is 23.6 Å². The topological polar surface area (TPSA) is 112 Å². The molecule has 1 aromatic heterocycles. The van der Waals surface area contributed by atoms with Crippen molar-refractivity contribution in [3.05, 3.63) is 82.3 Å². The molecule has 0 aliphatic rings. The zero-order chi connectivity index (χ0) is 24.1. The summed E-state index contributed by atoms with van der Waals surface area (Å²) in [5.41, 5.74) is 7.47. The zero-order valence-electron chi connectivity index (χ0n) is 18.0. The minimum absolute atomic E-state index is 0.00340. The monoisotopic (exact) mass is 495 g/mol. The summed E-state index contributed by atoms with van der Waals surface area (Å²) in [6.07, 6.45) is 0.157. The molecule has 3 aromatic carbocycles. The lowest BCUT2D eigenvalue weighted by Crippen LogP contribution is -2.13. The maximum atomic E-state index is 11.1. The number of primary amides is 1. The Hall–Kier alpha value is -3.88. The van der Waals surface area contributed by atoms with Crippen LogP contribution in [-0.4, -0.2) is 28.0 Å². The molecule has 4 rings (SSSR count). The second kappa shape index (κ2) is 10.4. The molecule has 0 saturated heterocycles. The Labute approximate surface area is 205 Å². The van der Waals surface area contributed by atoms with E-state index in [9.17, 15) is 4.79 Å². The third kappa shape index (κ3) is 5.72. The van der Waals surface area contributed by atoms with E-state index in [1.807, 2.05) is 12.1 Å². The van der Waals surface area contributed by atoms with Crippen molar-refractivity contribution in [3.63, 3.8) is 0 Å². The summed E-state index contributed by atoms with van der Waals surface area (Å²) in [7, 11) is 1.59. The third-order valence-electron chi connectivity index (χ3n) is 4.66. The van der Waals surface area contributed by atoms with Gasteiger partial charge in [-0.2, -0.15) is 15.0 Å². The summed E-state index contributed by atoms with van der Waals surface area (Å²) in [6.45, 7) is 0. The van der Waals surface area contributed by atoms with E-state index in [-0.39, 0.29) is 24.1 Å². The normalized spacial score (nSPS) is 10.6. The number of hydrogen-bond donors (Lipinski definition) is 2. The minimum Gasteiger partial charge on any atom is -0.497 e. The number of nitrogens with two attached hydrogens (primary N) is 1. The molecule has 0 aliphatic heterocycles. The molecule has 34 heavy (non-hydrogen) atoms. The molecule has 0 aliphatic carbocycles. The largest absolute Gasteiger partial charge is 0.497 e. The second-order valence-corrected chi connectivity index (χ2v) is 7.93. The van der Waals surface area contributed by atoms with E-state index in [1.54, 1.807) is 61.7 Å². The fourth-order valence-corrected chi connectivity index (χ4v) is 3.51. The number of para-hydroxylation sites is 1. The number of methoxy groups -OCH3 is 1. The Morgan fingerprint density at radius 1 is 0.941 bits per heavy atom. The molecule has 0 bridgehead atoms. The summed E-state index contributed by atoms with van der Waals surface area (Å²) in [6, 6.07) is 19.4. The summed E-state index contributed by atoms with van der Waals surface area (Å²) in [4.78, 5) is 24.4. The maximum Gasteiger partial charge on any atom is 0.327 e. The lowest BCUT2D eigenvalue weighted by Gasteiger charge is -2.12. The van der Waals surface area contributed by atoms with Gasteiger partial charge in [0.1, 0.15) is 5.75 Å². The number of amides is 1. The molecule has 8 nitrogen and oxygen atoms in total. The SMILES string of the molecule is COc1ccc(-c2nc(Nc3ccc(CC(N)=O)cc3)nc(Oc3c(Cl)cccc3Cl)n2)cc1. The van der Waals surface area contributed by atoms with Gasteiger partial charge < -0.3 is 20.5 Å². The Morgan fingerprint density at radius 3 is 2.24 bits per heavy atom. The average Bonchev–Trinajstić information content (AvgIpc) is 2.82. The van der Waals surface area contributed by atoms with Crippen LogP contribution in [0.15, 0.2) is 66.7 Å². The summed E-state index contributed by atoms with van der Waals surface area (Å²) < 4.78 is 11.1. The highest BCUT2D eigenvalue weighted by molar-refractivity contribution is 6.37. The number of halogens is 2. The van der Waals surface area contributed by atoms with Crippen LogP contribution < -0.4 is 20.5 Å². The predicted molar refractivity (Wildman–Crippen MR) is 131 cm³/mol. The van der Waals surface area contributed by atoms with E-state index in [4.69, 9.17) is 38.4 Å². The van der Waals surface area contributed by atoms with E-state index in [1.165, 1.54) is 0 Å². The number of rotatable bonds is 8. The van der Waals surface area contributed by atoms with Crippen LogP contribution in [0.25, 0.3) is 11.4 Å². The molecule has 0 spiro atoms. The Balaban J connectivity index is 1.69. The number of anilines is 2. The molecule has 3 N–H and O–H groups in total. The van der Waals surface area contributed by atoms with Crippen molar-refractivity contribution in [2.24, 2.45) is 5.73 Å². The van der Waals surface area contributed by atoms with E-state index >= 15 is 0 Å². The van der Waals surface area contributed by atoms with Gasteiger partial charge in [-0.3, -0.25) is 4.79 Å². The number of carbonyl (C=O) groups is 1. The first-order chi connectivity index (χ1) is 16.4. The number of hydrogen-bond acceptors (Lipinski definition) is 7. The maximum absolute atomic E-state index is 11.1. The highest BCUT2D eigenvalue weighted by Crippen LogP contribution is 2.35. The number of carbonyl (C=O) groups excluding carboxylic acids is 1. The molecule has 172 valence electrons. The van der Waals surface area contributed by atoms with Crippen LogP contribution >= 0.6 is 23.2 Å². The minimum atomic E-state index is -0.401. The van der Waals surface area contributed by atoms with E-state index in [0.29, 0.717) is 27.3 Å². The van der Waals surface area contributed by atoms with Gasteiger partial charge in [0.15, 0.2) is 11.6 Å². The fraction of sp³-hybridized carbons (Fsp3) is 0.0833. The van der Waals surface area contributed by atoms with Gasteiger partial charge >= 0.3 is 6.01 Å². The number of benzene rings is 3. The van der Waals surface area contributed by atoms with E-state index < -0.39 is 5.91 Å². The molecule has 1 heterocycles. The van der Waals surface area contributed by atoms with Gasteiger partial charge in [-0.25, -0.2) is 0 Å². The highest BCUT2D eigenvalue weighted by Gasteiger charge is 2.15. The predicted octanol–water partition coefficient (Wildman–Crippen LogP) is 5.42. The van der Waals surface area contributed by atoms with Crippen molar-refractivity contribution in [1.29, 1.82) is 0 Å². The van der Waals surface area contributed by atoms with Gasteiger partial charge in [0.25, 0.3) is 0 Å². The van der Waals surface area contributed by atoms with Crippen LogP contribution in [0, 0.1) is 0 Å². The molecule has 0 saturated carbocycles. The van der Waals surface area contributed by atoms with Gasteiger partial charge in [-0.05, 0) is 54.1 Å². The molecular weight excluding hydrogens is 477 g/mol. The van der Waals surface area contributed by atoms with Gasteiger partial charge in [0.2, 0.25) is 11.9 Å². The standard InChI is InChI=1S/C24H19Cl2N5O3/c1-33-17-11-7-15(8-12-17)22-29-23(28-16-9-5-14(6-10-16)13-20(27)32)31-24(30-22)34-21-18(25)3-2-4-19(21)26/h2-12H,13H2,1H3,(H2,27,32)(H,28,29,30,31). The van der Waals surface area contributed by atoms with Crippen molar-refractivity contribution in [2.45, 2.75) is 6.42 Å². The number of aromatic nitrogens is 3. The first-order valence-electron chi connectivity index (χ1n) is 10.1. The van der Waals surface area contributed by atoms with Crippen LogP contribution in [0.5, 0.6) is 17.5 Å². The second-order valence-electron chi connectivity index (χ2n) is 7.11. The van der Waals surface area contributed by atoms with Crippen LogP contribution in [0.2, 0.25) is 10.0 Å². The van der Waals surface area contributed by atoms with Crippen molar-refractivity contribution in [3.8, 4) is 28.9 Å². The first kappa shape index (κ1) is 23.3. The molecule has 0 radical (unpaired) electrons. The van der Waals surface area contributed by atoms with E-state index in [2.05, 4.69) is 20.3 Å². The van der Waals surface area contributed by atoms with Crippen LogP contribution in [0.1, 0.15) is 5.56 Å². The van der Waals surface area contributed by atoms with Crippen LogP contribution in [-0.2, 0) is 11.2 Å². The molecular formula is C24H19Cl2N5O3. The van der Waals surface area contributed by atoms with E-state index in [0.717, 1.165) is 11.1 Å². The Morgan fingerprint density at radius 2 is 1.62 bits per heavy atom. The lowest BCUT2D eigenvalue weighted by molar-refractivity contribution is -0.117. The van der Waals surface area contributed by atoms with Gasteiger partial charge in [-0.1, -0.05) is 41.4 Å².